The fourth-order valence-electron chi connectivity index (χ4n) is 1.65. The van der Waals surface area contributed by atoms with Crippen molar-refractivity contribution in [3.63, 3.8) is 0 Å². The Morgan fingerprint density at radius 1 is 1.56 bits per heavy atom. The highest BCUT2D eigenvalue weighted by Crippen LogP contribution is 2.40. The van der Waals surface area contributed by atoms with Crippen molar-refractivity contribution < 1.29 is 14.6 Å². The molecule has 0 atom stereocenters. The Bertz CT molecular complexity index is 399. The Labute approximate surface area is 94.3 Å². The number of carbonyl (C=O) groups excluding carboxylic acids is 1. The van der Waals surface area contributed by atoms with Gasteiger partial charge in [0.25, 0.3) is 0 Å². The van der Waals surface area contributed by atoms with Crippen molar-refractivity contribution in [3.8, 4) is 0 Å². The number of esters is 1. The first-order valence-electron chi connectivity index (χ1n) is 5.53. The fraction of sp³-hybridized carbons (Fsp3) is 0.500. The summed E-state index contributed by atoms with van der Waals surface area (Å²) in [5.74, 6) is 0.112. The molecule has 2 rings (SSSR count). The summed E-state index contributed by atoms with van der Waals surface area (Å²) >= 11 is 0. The maximum absolute atomic E-state index is 11.5. The maximum Gasteiger partial charge on any atom is 0.356 e. The van der Waals surface area contributed by atoms with E-state index in [-0.39, 0.29) is 6.61 Å². The zero-order valence-electron chi connectivity index (χ0n) is 9.27. The number of aromatic nitrogens is 1. The third-order valence-corrected chi connectivity index (χ3v) is 2.60. The number of hydrogen-bond acceptors (Lipinski definition) is 4. The van der Waals surface area contributed by atoms with Crippen molar-refractivity contribution in [1.29, 1.82) is 0 Å². The highest BCUT2D eigenvalue weighted by Gasteiger charge is 2.25. The van der Waals surface area contributed by atoms with Gasteiger partial charge in [0.15, 0.2) is 0 Å². The lowest BCUT2D eigenvalue weighted by atomic mass is 10.1. The molecule has 0 spiro atoms. The number of pyridine rings is 1. The average molecular weight is 221 g/mol. The lowest BCUT2D eigenvalue weighted by Gasteiger charge is -2.06. The first-order valence-corrected chi connectivity index (χ1v) is 5.53. The highest BCUT2D eigenvalue weighted by atomic mass is 16.5. The summed E-state index contributed by atoms with van der Waals surface area (Å²) in [4.78, 5) is 15.6. The van der Waals surface area contributed by atoms with E-state index in [4.69, 9.17) is 9.84 Å². The minimum absolute atomic E-state index is 0.146. The minimum Gasteiger partial charge on any atom is -0.461 e. The van der Waals surface area contributed by atoms with Crippen LogP contribution in [0.5, 0.6) is 0 Å². The van der Waals surface area contributed by atoms with Gasteiger partial charge in [-0.3, -0.25) is 0 Å². The van der Waals surface area contributed by atoms with Crippen LogP contribution in [-0.2, 0) is 11.3 Å². The van der Waals surface area contributed by atoms with Crippen LogP contribution in [0.3, 0.4) is 0 Å². The van der Waals surface area contributed by atoms with E-state index < -0.39 is 5.97 Å². The third-order valence-electron chi connectivity index (χ3n) is 2.60. The molecule has 0 saturated heterocycles. The van der Waals surface area contributed by atoms with E-state index in [0.717, 1.165) is 18.4 Å². The SMILES string of the molecule is CCOC(=O)c1cc(C2CC2)cc(CO)n1. The van der Waals surface area contributed by atoms with E-state index >= 15 is 0 Å². The van der Waals surface area contributed by atoms with Crippen LogP contribution < -0.4 is 0 Å². The van der Waals surface area contributed by atoms with Crippen molar-refractivity contribution in [2.24, 2.45) is 0 Å². The normalized spacial score (nSPS) is 14.9. The second-order valence-electron chi connectivity index (χ2n) is 3.93. The van der Waals surface area contributed by atoms with Gasteiger partial charge in [0.05, 0.1) is 18.9 Å². The Morgan fingerprint density at radius 2 is 2.31 bits per heavy atom. The maximum atomic E-state index is 11.5. The number of ether oxygens (including phenoxy) is 1. The molecule has 1 aromatic rings. The van der Waals surface area contributed by atoms with E-state index in [0.29, 0.717) is 23.9 Å². The molecular weight excluding hydrogens is 206 g/mol. The molecule has 1 heterocycles. The van der Waals surface area contributed by atoms with Crippen molar-refractivity contribution in [3.05, 3.63) is 29.1 Å². The summed E-state index contributed by atoms with van der Waals surface area (Å²) in [5.41, 5.74) is 1.92. The van der Waals surface area contributed by atoms with Crippen LogP contribution in [0.2, 0.25) is 0 Å². The zero-order valence-corrected chi connectivity index (χ0v) is 9.27. The summed E-state index contributed by atoms with van der Waals surface area (Å²) < 4.78 is 4.90. The molecule has 0 aliphatic heterocycles. The first kappa shape index (κ1) is 11.1. The number of aliphatic hydroxyl groups excluding tert-OH is 1. The molecule has 1 fully saturated rings. The largest absolute Gasteiger partial charge is 0.461 e. The molecule has 0 amide bonds. The van der Waals surface area contributed by atoms with Gasteiger partial charge in [-0.25, -0.2) is 9.78 Å². The lowest BCUT2D eigenvalue weighted by molar-refractivity contribution is 0.0518. The molecule has 0 radical (unpaired) electrons. The molecule has 86 valence electrons. The molecule has 16 heavy (non-hydrogen) atoms. The second-order valence-corrected chi connectivity index (χ2v) is 3.93. The molecule has 4 nitrogen and oxygen atoms in total. The molecular formula is C12H15NO3. The molecule has 0 bridgehead atoms. The van der Waals surface area contributed by atoms with Crippen molar-refractivity contribution in [2.45, 2.75) is 32.3 Å². The molecule has 1 aliphatic rings. The van der Waals surface area contributed by atoms with Crippen LogP contribution in [0.1, 0.15) is 47.4 Å². The van der Waals surface area contributed by atoms with Gasteiger partial charge in [-0.15, -0.1) is 0 Å². The number of rotatable bonds is 4. The van der Waals surface area contributed by atoms with E-state index in [1.807, 2.05) is 6.07 Å². The topological polar surface area (TPSA) is 59.4 Å². The Hall–Kier alpha value is -1.42. The van der Waals surface area contributed by atoms with Crippen LogP contribution in [0.25, 0.3) is 0 Å². The third kappa shape index (κ3) is 2.39. The fourth-order valence-corrected chi connectivity index (χ4v) is 1.65. The number of nitrogens with zero attached hydrogens (tertiary/aromatic N) is 1. The van der Waals surface area contributed by atoms with E-state index in [1.165, 1.54) is 0 Å². The van der Waals surface area contributed by atoms with E-state index in [9.17, 15) is 4.79 Å². The van der Waals surface area contributed by atoms with Crippen molar-refractivity contribution in [2.75, 3.05) is 6.61 Å². The standard InChI is InChI=1S/C12H15NO3/c1-2-16-12(15)11-6-9(8-3-4-8)5-10(7-14)13-11/h5-6,8,14H,2-4,7H2,1H3. The van der Waals surface area contributed by atoms with Crippen LogP contribution in [0, 0.1) is 0 Å². The molecule has 1 aromatic heterocycles. The summed E-state index contributed by atoms with van der Waals surface area (Å²) in [6, 6.07) is 3.63. The van der Waals surface area contributed by atoms with Crippen molar-refractivity contribution in [1.82, 2.24) is 4.98 Å². The zero-order chi connectivity index (χ0) is 11.5. The Balaban J connectivity index is 2.28. The predicted octanol–water partition coefficient (Wildman–Crippen LogP) is 1.63. The van der Waals surface area contributed by atoms with Gasteiger partial charge in [0, 0.05) is 0 Å². The summed E-state index contributed by atoms with van der Waals surface area (Å²) in [5, 5.41) is 9.09. The summed E-state index contributed by atoms with van der Waals surface area (Å²) in [6.45, 7) is 1.95. The van der Waals surface area contributed by atoms with Crippen LogP contribution in [0.15, 0.2) is 12.1 Å². The molecule has 0 aromatic carbocycles. The predicted molar refractivity (Wildman–Crippen MR) is 58.1 cm³/mol. The average Bonchev–Trinajstić information content (AvgIpc) is 3.12. The van der Waals surface area contributed by atoms with Crippen LogP contribution >= 0.6 is 0 Å². The summed E-state index contributed by atoms with van der Waals surface area (Å²) in [6.07, 6.45) is 2.30. The molecule has 4 heteroatoms. The number of carbonyl (C=O) groups is 1. The monoisotopic (exact) mass is 221 g/mol. The van der Waals surface area contributed by atoms with Crippen molar-refractivity contribution >= 4 is 5.97 Å². The van der Waals surface area contributed by atoms with Gasteiger partial charge in [0.2, 0.25) is 0 Å². The van der Waals surface area contributed by atoms with E-state index in [1.54, 1.807) is 13.0 Å². The smallest absolute Gasteiger partial charge is 0.356 e. The first-order chi connectivity index (χ1) is 7.74. The van der Waals surface area contributed by atoms with Crippen LogP contribution in [-0.4, -0.2) is 22.7 Å². The Morgan fingerprint density at radius 3 is 2.88 bits per heavy atom. The lowest BCUT2D eigenvalue weighted by Crippen LogP contribution is -2.09. The van der Waals surface area contributed by atoms with Gasteiger partial charge in [0.1, 0.15) is 5.69 Å². The van der Waals surface area contributed by atoms with Gasteiger partial charge >= 0.3 is 5.97 Å². The van der Waals surface area contributed by atoms with Gasteiger partial charge in [-0.1, -0.05) is 0 Å². The summed E-state index contributed by atoms with van der Waals surface area (Å²) in [7, 11) is 0. The molecule has 1 saturated carbocycles. The van der Waals surface area contributed by atoms with Gasteiger partial charge < -0.3 is 9.84 Å². The number of hydrogen-bond donors (Lipinski definition) is 1. The van der Waals surface area contributed by atoms with Crippen LogP contribution in [0.4, 0.5) is 0 Å². The molecule has 1 aliphatic carbocycles. The second kappa shape index (κ2) is 4.61. The molecule has 0 unspecified atom stereocenters. The van der Waals surface area contributed by atoms with Gasteiger partial charge in [-0.05, 0) is 43.4 Å². The minimum atomic E-state index is -0.417. The molecule has 1 N–H and O–H groups in total. The Kier molecular flexibility index (Phi) is 3.19. The highest BCUT2D eigenvalue weighted by molar-refractivity contribution is 5.87. The quantitative estimate of drug-likeness (QED) is 0.785. The van der Waals surface area contributed by atoms with Gasteiger partial charge in [-0.2, -0.15) is 0 Å². The number of aliphatic hydroxyl groups is 1. The van der Waals surface area contributed by atoms with E-state index in [2.05, 4.69) is 4.98 Å².